The molecule has 1 amide bonds. The predicted molar refractivity (Wildman–Crippen MR) is 79.2 cm³/mol. The van der Waals surface area contributed by atoms with Crippen LogP contribution in [0.4, 0.5) is 0 Å². The van der Waals surface area contributed by atoms with Gasteiger partial charge in [-0.3, -0.25) is 4.79 Å². The SMILES string of the molecule is CSCC[C@H](NC(=O)CC(CN)CC(C)C)C(=O)O. The number of carbonyl (C=O) groups excluding carboxylic acids is 1. The molecule has 0 aliphatic carbocycles. The molecular formula is C13H26N2O3S. The zero-order chi connectivity index (χ0) is 14.8. The third kappa shape index (κ3) is 8.88. The lowest BCUT2D eigenvalue weighted by molar-refractivity contribution is -0.142. The summed E-state index contributed by atoms with van der Waals surface area (Å²) >= 11 is 1.57. The van der Waals surface area contributed by atoms with Crippen LogP contribution in [-0.4, -0.2) is 41.6 Å². The van der Waals surface area contributed by atoms with Crippen LogP contribution in [0.3, 0.4) is 0 Å². The van der Waals surface area contributed by atoms with Gasteiger partial charge in [0.05, 0.1) is 0 Å². The summed E-state index contributed by atoms with van der Waals surface area (Å²) in [7, 11) is 0. The molecule has 2 atom stereocenters. The number of aliphatic carboxylic acids is 1. The summed E-state index contributed by atoms with van der Waals surface area (Å²) in [6.07, 6.45) is 3.54. The van der Waals surface area contributed by atoms with Gasteiger partial charge in [-0.05, 0) is 43.2 Å². The van der Waals surface area contributed by atoms with E-state index in [1.807, 2.05) is 6.26 Å². The van der Waals surface area contributed by atoms with Crippen molar-refractivity contribution in [3.8, 4) is 0 Å². The Hall–Kier alpha value is -0.750. The van der Waals surface area contributed by atoms with Gasteiger partial charge in [-0.15, -0.1) is 0 Å². The molecule has 19 heavy (non-hydrogen) atoms. The first-order valence-corrected chi connectivity index (χ1v) is 8.01. The summed E-state index contributed by atoms with van der Waals surface area (Å²) in [5, 5.41) is 11.6. The zero-order valence-corrected chi connectivity index (χ0v) is 12.8. The molecule has 0 radical (unpaired) electrons. The van der Waals surface area contributed by atoms with Crippen molar-refractivity contribution in [1.29, 1.82) is 0 Å². The monoisotopic (exact) mass is 290 g/mol. The van der Waals surface area contributed by atoms with Gasteiger partial charge in [-0.2, -0.15) is 11.8 Å². The molecule has 0 saturated carbocycles. The van der Waals surface area contributed by atoms with Crippen molar-refractivity contribution in [2.75, 3.05) is 18.6 Å². The highest BCUT2D eigenvalue weighted by molar-refractivity contribution is 7.98. The van der Waals surface area contributed by atoms with Crippen LogP contribution in [0.15, 0.2) is 0 Å². The van der Waals surface area contributed by atoms with E-state index in [4.69, 9.17) is 10.8 Å². The quantitative estimate of drug-likeness (QED) is 0.564. The summed E-state index contributed by atoms with van der Waals surface area (Å²) in [5.74, 6) is 0.118. The number of nitrogens with one attached hydrogen (secondary N) is 1. The molecule has 0 bridgehead atoms. The Labute approximate surface area is 119 Å². The number of carboxylic acid groups (broad SMARTS) is 1. The standard InChI is InChI=1S/C13H26N2O3S/c1-9(2)6-10(8-14)7-12(16)15-11(13(17)18)4-5-19-3/h9-11H,4-8,14H2,1-3H3,(H,15,16)(H,17,18)/t10?,11-/m0/s1. The van der Waals surface area contributed by atoms with Crippen molar-refractivity contribution in [2.24, 2.45) is 17.6 Å². The molecule has 0 saturated heterocycles. The van der Waals surface area contributed by atoms with Gasteiger partial charge < -0.3 is 16.2 Å². The lowest BCUT2D eigenvalue weighted by Gasteiger charge is -2.19. The smallest absolute Gasteiger partial charge is 0.326 e. The molecule has 1 unspecified atom stereocenters. The predicted octanol–water partition coefficient (Wildman–Crippen LogP) is 1.32. The number of carbonyl (C=O) groups is 2. The van der Waals surface area contributed by atoms with Crippen molar-refractivity contribution in [1.82, 2.24) is 5.32 Å². The second-order valence-corrected chi connectivity index (χ2v) is 6.16. The Kier molecular flexibility index (Phi) is 9.69. The molecule has 112 valence electrons. The number of hydrogen-bond donors (Lipinski definition) is 3. The van der Waals surface area contributed by atoms with Gasteiger partial charge >= 0.3 is 5.97 Å². The van der Waals surface area contributed by atoms with Gasteiger partial charge in [0.1, 0.15) is 6.04 Å². The molecule has 0 aromatic carbocycles. The van der Waals surface area contributed by atoms with Crippen LogP contribution in [0.5, 0.6) is 0 Å². The molecule has 0 spiro atoms. The van der Waals surface area contributed by atoms with E-state index in [-0.39, 0.29) is 11.8 Å². The molecule has 5 nitrogen and oxygen atoms in total. The summed E-state index contributed by atoms with van der Waals surface area (Å²) in [6.45, 7) is 4.62. The summed E-state index contributed by atoms with van der Waals surface area (Å²) in [4.78, 5) is 22.9. The highest BCUT2D eigenvalue weighted by atomic mass is 32.2. The number of nitrogens with two attached hydrogens (primary N) is 1. The van der Waals surface area contributed by atoms with E-state index in [0.29, 0.717) is 31.1 Å². The van der Waals surface area contributed by atoms with Crippen molar-refractivity contribution < 1.29 is 14.7 Å². The number of amides is 1. The number of hydrogen-bond acceptors (Lipinski definition) is 4. The maximum Gasteiger partial charge on any atom is 0.326 e. The first-order valence-electron chi connectivity index (χ1n) is 6.61. The summed E-state index contributed by atoms with van der Waals surface area (Å²) in [5.41, 5.74) is 5.64. The van der Waals surface area contributed by atoms with Crippen LogP contribution in [0.25, 0.3) is 0 Å². The fourth-order valence-corrected chi connectivity index (χ4v) is 2.41. The van der Waals surface area contributed by atoms with Crippen LogP contribution in [0.2, 0.25) is 0 Å². The van der Waals surface area contributed by atoms with Crippen LogP contribution in [-0.2, 0) is 9.59 Å². The van der Waals surface area contributed by atoms with Crippen molar-refractivity contribution in [3.05, 3.63) is 0 Å². The van der Waals surface area contributed by atoms with E-state index in [1.54, 1.807) is 11.8 Å². The van der Waals surface area contributed by atoms with Crippen LogP contribution in [0.1, 0.15) is 33.1 Å². The Bertz CT molecular complexity index is 285. The Balaban J connectivity index is 4.27. The average Bonchev–Trinajstić information content (AvgIpc) is 2.32. The molecule has 0 fully saturated rings. The fourth-order valence-electron chi connectivity index (χ4n) is 1.94. The molecular weight excluding hydrogens is 264 g/mol. The number of rotatable bonds is 10. The minimum atomic E-state index is -0.976. The Morgan fingerprint density at radius 1 is 1.37 bits per heavy atom. The number of carboxylic acids is 1. The summed E-state index contributed by atoms with van der Waals surface area (Å²) in [6, 6.07) is -0.794. The third-order valence-corrected chi connectivity index (χ3v) is 3.50. The van der Waals surface area contributed by atoms with E-state index in [2.05, 4.69) is 19.2 Å². The molecule has 0 aromatic heterocycles. The lowest BCUT2D eigenvalue weighted by Crippen LogP contribution is -2.42. The Morgan fingerprint density at radius 2 is 2.00 bits per heavy atom. The second-order valence-electron chi connectivity index (χ2n) is 5.18. The molecule has 0 aliphatic rings. The first kappa shape index (κ1) is 18.2. The molecule has 4 N–H and O–H groups in total. The minimum Gasteiger partial charge on any atom is -0.480 e. The van der Waals surface area contributed by atoms with Crippen LogP contribution >= 0.6 is 11.8 Å². The van der Waals surface area contributed by atoms with Gasteiger partial charge in [0.15, 0.2) is 0 Å². The van der Waals surface area contributed by atoms with Gasteiger partial charge in [0, 0.05) is 6.42 Å². The molecule has 0 rings (SSSR count). The highest BCUT2D eigenvalue weighted by Gasteiger charge is 2.21. The fraction of sp³-hybridized carbons (Fsp3) is 0.846. The van der Waals surface area contributed by atoms with Crippen molar-refractivity contribution in [2.45, 2.75) is 39.2 Å². The highest BCUT2D eigenvalue weighted by Crippen LogP contribution is 2.14. The van der Waals surface area contributed by atoms with Gasteiger partial charge in [0.2, 0.25) is 5.91 Å². The Morgan fingerprint density at radius 3 is 2.42 bits per heavy atom. The first-order chi connectivity index (χ1) is 8.90. The third-order valence-electron chi connectivity index (χ3n) is 2.86. The van der Waals surface area contributed by atoms with Crippen molar-refractivity contribution >= 4 is 23.6 Å². The van der Waals surface area contributed by atoms with E-state index < -0.39 is 12.0 Å². The van der Waals surface area contributed by atoms with E-state index >= 15 is 0 Å². The largest absolute Gasteiger partial charge is 0.480 e. The van der Waals surface area contributed by atoms with Crippen LogP contribution in [0, 0.1) is 11.8 Å². The zero-order valence-electron chi connectivity index (χ0n) is 12.0. The van der Waals surface area contributed by atoms with Gasteiger partial charge in [-0.25, -0.2) is 4.79 Å². The van der Waals surface area contributed by atoms with E-state index in [1.165, 1.54) is 0 Å². The maximum atomic E-state index is 11.8. The van der Waals surface area contributed by atoms with Crippen molar-refractivity contribution in [3.63, 3.8) is 0 Å². The van der Waals surface area contributed by atoms with Gasteiger partial charge in [0.25, 0.3) is 0 Å². The van der Waals surface area contributed by atoms with Gasteiger partial charge in [-0.1, -0.05) is 13.8 Å². The van der Waals surface area contributed by atoms with Crippen LogP contribution < -0.4 is 11.1 Å². The second kappa shape index (κ2) is 10.1. The minimum absolute atomic E-state index is 0.120. The number of thioether (sulfide) groups is 1. The lowest BCUT2D eigenvalue weighted by atomic mass is 9.94. The topological polar surface area (TPSA) is 92.4 Å². The molecule has 6 heteroatoms. The van der Waals surface area contributed by atoms with E-state index in [0.717, 1.165) is 6.42 Å². The molecule has 0 heterocycles. The molecule has 0 aliphatic heterocycles. The molecule has 0 aromatic rings. The summed E-state index contributed by atoms with van der Waals surface area (Å²) < 4.78 is 0. The van der Waals surface area contributed by atoms with E-state index in [9.17, 15) is 9.59 Å². The normalized spacial score (nSPS) is 14.2. The average molecular weight is 290 g/mol. The maximum absolute atomic E-state index is 11.8.